The van der Waals surface area contributed by atoms with E-state index < -0.39 is 12.1 Å². The SMILES string of the molecule is C=C(C(=O)OCC)C(O)c1ccc(Cl)cc1Cl. The maximum absolute atomic E-state index is 11.4. The zero-order valence-corrected chi connectivity index (χ0v) is 10.8. The highest BCUT2D eigenvalue weighted by Gasteiger charge is 2.21. The summed E-state index contributed by atoms with van der Waals surface area (Å²) < 4.78 is 4.74. The smallest absolute Gasteiger partial charge is 0.336 e. The number of ether oxygens (including phenoxy) is 1. The third-order valence-electron chi connectivity index (χ3n) is 2.12. The van der Waals surface area contributed by atoms with Crippen LogP contribution in [0, 0.1) is 0 Å². The first kappa shape index (κ1) is 14.0. The topological polar surface area (TPSA) is 46.5 Å². The summed E-state index contributed by atoms with van der Waals surface area (Å²) in [5, 5.41) is 10.7. The molecule has 3 nitrogen and oxygen atoms in total. The maximum atomic E-state index is 11.4. The van der Waals surface area contributed by atoms with E-state index in [0.717, 1.165) is 0 Å². The van der Waals surface area contributed by atoms with Crippen LogP contribution in [0.1, 0.15) is 18.6 Å². The van der Waals surface area contributed by atoms with E-state index in [2.05, 4.69) is 6.58 Å². The lowest BCUT2D eigenvalue weighted by Gasteiger charge is -2.14. The molecule has 0 aliphatic carbocycles. The zero-order valence-electron chi connectivity index (χ0n) is 9.24. The third-order valence-corrected chi connectivity index (χ3v) is 2.69. The van der Waals surface area contributed by atoms with Gasteiger partial charge in [-0.05, 0) is 19.1 Å². The van der Waals surface area contributed by atoms with Crippen molar-refractivity contribution in [1.82, 2.24) is 0 Å². The first-order chi connectivity index (χ1) is 7.97. The molecule has 0 bridgehead atoms. The number of rotatable bonds is 4. The number of hydrogen-bond donors (Lipinski definition) is 1. The van der Waals surface area contributed by atoms with Gasteiger partial charge in [-0.1, -0.05) is 35.8 Å². The fourth-order valence-electron chi connectivity index (χ4n) is 1.25. The Morgan fingerprint density at radius 1 is 1.53 bits per heavy atom. The standard InChI is InChI=1S/C12H12Cl2O3/c1-3-17-12(16)7(2)11(15)9-5-4-8(13)6-10(9)14/h4-6,11,15H,2-3H2,1H3. The quantitative estimate of drug-likeness (QED) is 0.678. The molecule has 0 amide bonds. The Hall–Kier alpha value is -1.03. The van der Waals surface area contributed by atoms with E-state index in [-0.39, 0.29) is 17.2 Å². The molecule has 5 heteroatoms. The first-order valence-corrected chi connectivity index (χ1v) is 5.72. The molecule has 0 aliphatic rings. The van der Waals surface area contributed by atoms with E-state index in [4.69, 9.17) is 27.9 Å². The minimum absolute atomic E-state index is 0.0592. The second-order valence-electron chi connectivity index (χ2n) is 3.31. The van der Waals surface area contributed by atoms with Crippen molar-refractivity contribution in [3.63, 3.8) is 0 Å². The summed E-state index contributed by atoms with van der Waals surface area (Å²) >= 11 is 11.6. The van der Waals surface area contributed by atoms with Gasteiger partial charge in [0.15, 0.2) is 0 Å². The van der Waals surface area contributed by atoms with Gasteiger partial charge in [0.2, 0.25) is 0 Å². The summed E-state index contributed by atoms with van der Waals surface area (Å²) in [6.45, 7) is 5.39. The number of aliphatic hydroxyl groups excluding tert-OH is 1. The average Bonchev–Trinajstić information content (AvgIpc) is 2.27. The van der Waals surface area contributed by atoms with Crippen molar-refractivity contribution in [3.05, 3.63) is 46.0 Å². The maximum Gasteiger partial charge on any atom is 0.336 e. The van der Waals surface area contributed by atoms with Crippen molar-refractivity contribution in [2.45, 2.75) is 13.0 Å². The summed E-state index contributed by atoms with van der Waals surface area (Å²) in [4.78, 5) is 11.4. The van der Waals surface area contributed by atoms with E-state index in [1.807, 2.05) is 0 Å². The van der Waals surface area contributed by atoms with Crippen molar-refractivity contribution in [3.8, 4) is 0 Å². The molecule has 92 valence electrons. The summed E-state index contributed by atoms with van der Waals surface area (Å²) in [6, 6.07) is 4.60. The average molecular weight is 275 g/mol. The molecule has 0 aromatic heterocycles. The van der Waals surface area contributed by atoms with Crippen LogP contribution in [0.15, 0.2) is 30.4 Å². The zero-order chi connectivity index (χ0) is 13.0. The number of esters is 1. The second kappa shape index (κ2) is 6.05. The Morgan fingerprint density at radius 2 is 2.18 bits per heavy atom. The molecule has 1 aromatic carbocycles. The van der Waals surface area contributed by atoms with Crippen LogP contribution in [0.3, 0.4) is 0 Å². The van der Waals surface area contributed by atoms with Crippen molar-refractivity contribution in [1.29, 1.82) is 0 Å². The van der Waals surface area contributed by atoms with Crippen LogP contribution in [-0.4, -0.2) is 17.7 Å². The van der Waals surface area contributed by atoms with Crippen LogP contribution in [-0.2, 0) is 9.53 Å². The molecule has 0 spiro atoms. The van der Waals surface area contributed by atoms with Gasteiger partial charge in [0.05, 0.1) is 12.2 Å². The fraction of sp³-hybridized carbons (Fsp3) is 0.250. The van der Waals surface area contributed by atoms with Crippen LogP contribution in [0.5, 0.6) is 0 Å². The summed E-state index contributed by atoms with van der Waals surface area (Å²) in [6.07, 6.45) is -1.20. The molecule has 1 rings (SSSR count). The van der Waals surface area contributed by atoms with E-state index in [0.29, 0.717) is 10.6 Å². The highest BCUT2D eigenvalue weighted by atomic mass is 35.5. The molecule has 17 heavy (non-hydrogen) atoms. The first-order valence-electron chi connectivity index (χ1n) is 4.96. The van der Waals surface area contributed by atoms with Crippen molar-refractivity contribution < 1.29 is 14.6 Å². The fourth-order valence-corrected chi connectivity index (χ4v) is 1.76. The number of aliphatic hydroxyl groups is 1. The Morgan fingerprint density at radius 3 is 2.71 bits per heavy atom. The van der Waals surface area contributed by atoms with Gasteiger partial charge in [0.25, 0.3) is 0 Å². The number of carbonyl (C=O) groups excluding carboxylic acids is 1. The van der Waals surface area contributed by atoms with Crippen molar-refractivity contribution in [2.24, 2.45) is 0 Å². The van der Waals surface area contributed by atoms with Crippen LogP contribution < -0.4 is 0 Å². The van der Waals surface area contributed by atoms with Gasteiger partial charge in [-0.15, -0.1) is 0 Å². The predicted octanol–water partition coefficient (Wildman–Crippen LogP) is 3.15. The lowest BCUT2D eigenvalue weighted by atomic mass is 10.0. The summed E-state index contributed by atoms with van der Waals surface area (Å²) in [5.41, 5.74) is 0.310. The van der Waals surface area contributed by atoms with Crippen LogP contribution in [0.25, 0.3) is 0 Å². The molecule has 1 aromatic rings. The molecule has 0 saturated carbocycles. The van der Waals surface area contributed by atoms with Crippen molar-refractivity contribution in [2.75, 3.05) is 6.61 Å². The molecule has 0 aliphatic heterocycles. The minimum atomic E-state index is -1.20. The highest BCUT2D eigenvalue weighted by Crippen LogP contribution is 2.30. The molecule has 0 fully saturated rings. The van der Waals surface area contributed by atoms with Gasteiger partial charge >= 0.3 is 5.97 Å². The molecule has 0 radical (unpaired) electrons. The molecular weight excluding hydrogens is 263 g/mol. The largest absolute Gasteiger partial charge is 0.463 e. The predicted molar refractivity (Wildman–Crippen MR) is 67.2 cm³/mol. The molecule has 1 unspecified atom stereocenters. The van der Waals surface area contributed by atoms with E-state index in [1.54, 1.807) is 19.1 Å². The number of halogens is 2. The molecule has 0 heterocycles. The van der Waals surface area contributed by atoms with E-state index in [1.165, 1.54) is 6.07 Å². The van der Waals surface area contributed by atoms with Gasteiger partial charge in [-0.3, -0.25) is 0 Å². The van der Waals surface area contributed by atoms with Gasteiger partial charge in [0.1, 0.15) is 6.10 Å². The van der Waals surface area contributed by atoms with Gasteiger partial charge in [-0.25, -0.2) is 4.79 Å². The Bertz CT molecular complexity index is 443. The summed E-state index contributed by atoms with van der Waals surface area (Å²) in [7, 11) is 0. The lowest BCUT2D eigenvalue weighted by Crippen LogP contribution is -2.14. The van der Waals surface area contributed by atoms with E-state index >= 15 is 0 Å². The minimum Gasteiger partial charge on any atom is -0.463 e. The van der Waals surface area contributed by atoms with Crippen LogP contribution in [0.4, 0.5) is 0 Å². The number of carbonyl (C=O) groups is 1. The van der Waals surface area contributed by atoms with Gasteiger partial charge in [-0.2, -0.15) is 0 Å². The molecular formula is C12H12Cl2O3. The van der Waals surface area contributed by atoms with Gasteiger partial charge < -0.3 is 9.84 Å². The van der Waals surface area contributed by atoms with Gasteiger partial charge in [0, 0.05) is 15.6 Å². The van der Waals surface area contributed by atoms with Crippen molar-refractivity contribution >= 4 is 29.2 Å². The monoisotopic (exact) mass is 274 g/mol. The summed E-state index contributed by atoms with van der Waals surface area (Å²) in [5.74, 6) is -0.647. The molecule has 0 saturated heterocycles. The third kappa shape index (κ3) is 3.46. The Labute approximate surface area is 110 Å². The highest BCUT2D eigenvalue weighted by molar-refractivity contribution is 6.35. The number of benzene rings is 1. The second-order valence-corrected chi connectivity index (χ2v) is 4.16. The van der Waals surface area contributed by atoms with Crippen LogP contribution >= 0.6 is 23.2 Å². The normalized spacial score (nSPS) is 12.0. The Balaban J connectivity index is 2.92. The number of hydrogen-bond acceptors (Lipinski definition) is 3. The van der Waals surface area contributed by atoms with Crippen LogP contribution in [0.2, 0.25) is 10.0 Å². The van der Waals surface area contributed by atoms with E-state index in [9.17, 15) is 9.90 Å². The lowest BCUT2D eigenvalue weighted by molar-refractivity contribution is -0.139. The Kier molecular flexibility index (Phi) is 5.00. The molecule has 1 N–H and O–H groups in total. The molecule has 1 atom stereocenters.